The molecule has 0 unspecified atom stereocenters. The topological polar surface area (TPSA) is 33.2 Å². The van der Waals surface area contributed by atoms with Crippen molar-refractivity contribution in [1.29, 1.82) is 0 Å². The van der Waals surface area contributed by atoms with Gasteiger partial charge in [0.25, 0.3) is 5.91 Å². The highest BCUT2D eigenvalue weighted by molar-refractivity contribution is 8.00. The van der Waals surface area contributed by atoms with Gasteiger partial charge in [-0.2, -0.15) is 11.8 Å². The van der Waals surface area contributed by atoms with Gasteiger partial charge in [0.1, 0.15) is 5.69 Å². The van der Waals surface area contributed by atoms with Crippen LogP contribution in [0.5, 0.6) is 0 Å². The number of pyridine rings is 1. The number of carbonyl (C=O) groups is 1. The van der Waals surface area contributed by atoms with E-state index in [1.54, 1.807) is 0 Å². The van der Waals surface area contributed by atoms with Crippen LogP contribution in [-0.4, -0.2) is 39.4 Å². The van der Waals surface area contributed by atoms with E-state index < -0.39 is 0 Å². The van der Waals surface area contributed by atoms with E-state index in [-0.39, 0.29) is 11.9 Å². The molecule has 1 aliphatic heterocycles. The molecule has 1 aromatic carbocycles. The molecule has 1 aromatic heterocycles. The SMILES string of the molecule is C[C@@H]1[C@@H](C)SCCN1C(=O)c1ccc2ccccc2n1. The predicted octanol–water partition coefficient (Wildman–Crippen LogP) is 3.20. The predicted molar refractivity (Wildman–Crippen MR) is 84.2 cm³/mol. The van der Waals surface area contributed by atoms with Crippen molar-refractivity contribution in [2.24, 2.45) is 0 Å². The van der Waals surface area contributed by atoms with Crippen molar-refractivity contribution in [2.75, 3.05) is 12.3 Å². The molecular weight excluding hydrogens is 268 g/mol. The van der Waals surface area contributed by atoms with E-state index in [0.717, 1.165) is 23.2 Å². The Balaban J connectivity index is 1.91. The number of hydrogen-bond donors (Lipinski definition) is 0. The van der Waals surface area contributed by atoms with E-state index in [2.05, 4.69) is 18.8 Å². The third-order valence-corrected chi connectivity index (χ3v) is 5.30. The number of thioether (sulfide) groups is 1. The lowest BCUT2D eigenvalue weighted by atomic mass is 10.1. The number of hydrogen-bond acceptors (Lipinski definition) is 3. The number of nitrogens with zero attached hydrogens (tertiary/aromatic N) is 2. The van der Waals surface area contributed by atoms with E-state index in [9.17, 15) is 4.79 Å². The number of amides is 1. The molecule has 2 atom stereocenters. The Morgan fingerprint density at radius 3 is 2.90 bits per heavy atom. The van der Waals surface area contributed by atoms with Crippen LogP contribution in [0.3, 0.4) is 0 Å². The highest BCUT2D eigenvalue weighted by Crippen LogP contribution is 2.25. The maximum atomic E-state index is 12.7. The number of fused-ring (bicyclic) bond motifs is 1. The quantitative estimate of drug-likeness (QED) is 0.807. The molecule has 0 spiro atoms. The minimum absolute atomic E-state index is 0.0513. The molecular formula is C16H18N2OS. The minimum Gasteiger partial charge on any atom is -0.333 e. The Bertz CT molecular complexity index is 643. The smallest absolute Gasteiger partial charge is 0.272 e. The second-order valence-corrected chi connectivity index (χ2v) is 6.69. The molecule has 0 radical (unpaired) electrons. The summed E-state index contributed by atoms with van der Waals surface area (Å²) in [6.07, 6.45) is 0. The fourth-order valence-electron chi connectivity index (χ4n) is 2.55. The van der Waals surface area contributed by atoms with E-state index in [1.807, 2.05) is 53.1 Å². The summed E-state index contributed by atoms with van der Waals surface area (Å²) in [5, 5.41) is 1.55. The molecule has 0 aliphatic carbocycles. The van der Waals surface area contributed by atoms with Crippen LogP contribution in [0, 0.1) is 0 Å². The van der Waals surface area contributed by atoms with E-state index >= 15 is 0 Å². The van der Waals surface area contributed by atoms with Gasteiger partial charge in [-0.1, -0.05) is 31.2 Å². The Kier molecular flexibility index (Phi) is 3.66. The minimum atomic E-state index is 0.0513. The van der Waals surface area contributed by atoms with Gasteiger partial charge in [0, 0.05) is 29.0 Å². The molecule has 1 saturated heterocycles. The van der Waals surface area contributed by atoms with Gasteiger partial charge in [-0.15, -0.1) is 0 Å². The van der Waals surface area contributed by atoms with Gasteiger partial charge >= 0.3 is 0 Å². The van der Waals surface area contributed by atoms with Gasteiger partial charge in [0.2, 0.25) is 0 Å². The summed E-state index contributed by atoms with van der Waals surface area (Å²) in [5.74, 6) is 1.06. The summed E-state index contributed by atoms with van der Waals surface area (Å²) in [7, 11) is 0. The number of aromatic nitrogens is 1. The number of carbonyl (C=O) groups excluding carboxylic acids is 1. The molecule has 0 N–H and O–H groups in total. The third kappa shape index (κ3) is 2.40. The van der Waals surface area contributed by atoms with Crippen LogP contribution in [-0.2, 0) is 0 Å². The molecule has 3 rings (SSSR count). The first-order valence-corrected chi connectivity index (χ1v) is 8.00. The summed E-state index contributed by atoms with van der Waals surface area (Å²) in [6.45, 7) is 5.11. The molecule has 20 heavy (non-hydrogen) atoms. The number of para-hydroxylation sites is 1. The Hall–Kier alpha value is -1.55. The Morgan fingerprint density at radius 1 is 1.25 bits per heavy atom. The first-order chi connectivity index (χ1) is 9.66. The van der Waals surface area contributed by atoms with Crippen molar-refractivity contribution in [3.63, 3.8) is 0 Å². The molecule has 0 bridgehead atoms. The van der Waals surface area contributed by atoms with Crippen LogP contribution < -0.4 is 0 Å². The zero-order chi connectivity index (χ0) is 14.1. The fourth-order valence-corrected chi connectivity index (χ4v) is 3.65. The van der Waals surface area contributed by atoms with Crippen LogP contribution in [0.2, 0.25) is 0 Å². The van der Waals surface area contributed by atoms with Gasteiger partial charge in [0.15, 0.2) is 0 Å². The van der Waals surface area contributed by atoms with Gasteiger partial charge < -0.3 is 4.90 Å². The lowest BCUT2D eigenvalue weighted by Gasteiger charge is -2.37. The Labute approximate surface area is 123 Å². The maximum Gasteiger partial charge on any atom is 0.272 e. The van der Waals surface area contributed by atoms with Crippen molar-refractivity contribution in [3.8, 4) is 0 Å². The lowest BCUT2D eigenvalue weighted by Crippen LogP contribution is -2.48. The third-order valence-electron chi connectivity index (χ3n) is 3.96. The molecule has 1 fully saturated rings. The summed E-state index contributed by atoms with van der Waals surface area (Å²) in [5.41, 5.74) is 1.43. The van der Waals surface area contributed by atoms with Crippen LogP contribution in [0.25, 0.3) is 10.9 Å². The standard InChI is InChI=1S/C16H18N2OS/c1-11-12(2)20-10-9-18(11)16(19)15-8-7-13-5-3-4-6-14(13)17-15/h3-8,11-12H,9-10H2,1-2H3/t11-,12-/m1/s1. The molecule has 0 saturated carbocycles. The number of rotatable bonds is 1. The van der Waals surface area contributed by atoms with Gasteiger partial charge in [-0.05, 0) is 19.1 Å². The van der Waals surface area contributed by atoms with Crippen molar-refractivity contribution >= 4 is 28.6 Å². The molecule has 2 heterocycles. The number of benzene rings is 1. The average Bonchev–Trinajstić information content (AvgIpc) is 2.49. The molecule has 104 valence electrons. The summed E-state index contributed by atoms with van der Waals surface area (Å²) in [4.78, 5) is 19.1. The summed E-state index contributed by atoms with van der Waals surface area (Å²) in [6, 6.07) is 12.0. The van der Waals surface area contributed by atoms with Crippen LogP contribution in [0.1, 0.15) is 24.3 Å². The lowest BCUT2D eigenvalue weighted by molar-refractivity contribution is 0.0692. The second kappa shape index (κ2) is 5.44. The molecule has 2 aromatic rings. The van der Waals surface area contributed by atoms with Crippen molar-refractivity contribution in [1.82, 2.24) is 9.88 Å². The monoisotopic (exact) mass is 286 g/mol. The maximum absolute atomic E-state index is 12.7. The fraction of sp³-hybridized carbons (Fsp3) is 0.375. The van der Waals surface area contributed by atoms with Gasteiger partial charge in [-0.25, -0.2) is 4.98 Å². The average molecular weight is 286 g/mol. The highest BCUT2D eigenvalue weighted by atomic mass is 32.2. The van der Waals surface area contributed by atoms with Crippen molar-refractivity contribution < 1.29 is 4.79 Å². The van der Waals surface area contributed by atoms with E-state index in [1.165, 1.54) is 0 Å². The van der Waals surface area contributed by atoms with Gasteiger partial charge in [-0.3, -0.25) is 4.79 Å². The largest absolute Gasteiger partial charge is 0.333 e. The van der Waals surface area contributed by atoms with Gasteiger partial charge in [0.05, 0.1) is 5.52 Å². The zero-order valence-electron chi connectivity index (χ0n) is 11.7. The molecule has 3 nitrogen and oxygen atoms in total. The molecule has 1 amide bonds. The van der Waals surface area contributed by atoms with Crippen LogP contribution in [0.4, 0.5) is 0 Å². The highest BCUT2D eigenvalue weighted by Gasteiger charge is 2.30. The van der Waals surface area contributed by atoms with E-state index in [4.69, 9.17) is 0 Å². The zero-order valence-corrected chi connectivity index (χ0v) is 12.6. The summed E-state index contributed by atoms with van der Waals surface area (Å²) < 4.78 is 0. The van der Waals surface area contributed by atoms with Crippen LogP contribution >= 0.6 is 11.8 Å². The first-order valence-electron chi connectivity index (χ1n) is 6.95. The Morgan fingerprint density at radius 2 is 2.05 bits per heavy atom. The normalized spacial score (nSPS) is 23.0. The second-order valence-electron chi connectivity index (χ2n) is 5.20. The van der Waals surface area contributed by atoms with Crippen molar-refractivity contribution in [3.05, 3.63) is 42.1 Å². The molecule has 4 heteroatoms. The van der Waals surface area contributed by atoms with Crippen LogP contribution in [0.15, 0.2) is 36.4 Å². The summed E-state index contributed by atoms with van der Waals surface area (Å²) >= 11 is 1.93. The first kappa shape index (κ1) is 13.4. The van der Waals surface area contributed by atoms with E-state index in [0.29, 0.717) is 10.9 Å². The van der Waals surface area contributed by atoms with Crippen molar-refractivity contribution in [2.45, 2.75) is 25.1 Å². The molecule has 1 aliphatic rings.